The van der Waals surface area contributed by atoms with E-state index in [2.05, 4.69) is 10.6 Å². The molecule has 7 heteroatoms. The highest BCUT2D eigenvalue weighted by atomic mass is 16.2. The SMILES string of the molecule is CC(=O)Nc1cccc(NC(=O)c2ccc3c(c2)n(C)c(=O)n3C)c1. The van der Waals surface area contributed by atoms with Crippen LogP contribution in [0.3, 0.4) is 0 Å². The average molecular weight is 338 g/mol. The summed E-state index contributed by atoms with van der Waals surface area (Å²) in [4.78, 5) is 35.6. The molecule has 0 saturated carbocycles. The van der Waals surface area contributed by atoms with E-state index in [4.69, 9.17) is 0 Å². The number of imidazole rings is 1. The zero-order valence-corrected chi connectivity index (χ0v) is 14.2. The van der Waals surface area contributed by atoms with Gasteiger partial charge < -0.3 is 10.6 Å². The maximum Gasteiger partial charge on any atom is 0.328 e. The van der Waals surface area contributed by atoms with Crippen molar-refractivity contribution in [1.29, 1.82) is 0 Å². The molecule has 3 aromatic rings. The second kappa shape index (κ2) is 6.27. The Morgan fingerprint density at radius 1 is 0.880 bits per heavy atom. The lowest BCUT2D eigenvalue weighted by Crippen LogP contribution is -2.19. The number of hydrogen-bond acceptors (Lipinski definition) is 3. The minimum Gasteiger partial charge on any atom is -0.326 e. The quantitative estimate of drug-likeness (QED) is 0.767. The molecule has 0 radical (unpaired) electrons. The monoisotopic (exact) mass is 338 g/mol. The Bertz CT molecular complexity index is 1050. The van der Waals surface area contributed by atoms with Crippen LogP contribution < -0.4 is 16.3 Å². The van der Waals surface area contributed by atoms with Crippen LogP contribution in [0.4, 0.5) is 11.4 Å². The van der Waals surface area contributed by atoms with E-state index in [9.17, 15) is 14.4 Å². The van der Waals surface area contributed by atoms with Crippen molar-refractivity contribution in [2.45, 2.75) is 6.92 Å². The Hall–Kier alpha value is -3.35. The van der Waals surface area contributed by atoms with Crippen molar-refractivity contribution in [3.05, 3.63) is 58.5 Å². The lowest BCUT2D eigenvalue weighted by atomic mass is 10.1. The number of aromatic nitrogens is 2. The largest absolute Gasteiger partial charge is 0.328 e. The van der Waals surface area contributed by atoms with E-state index in [0.717, 1.165) is 5.52 Å². The van der Waals surface area contributed by atoms with E-state index in [1.54, 1.807) is 56.6 Å². The van der Waals surface area contributed by atoms with E-state index >= 15 is 0 Å². The Labute approximate surface area is 143 Å². The first-order valence-corrected chi connectivity index (χ1v) is 7.71. The molecule has 0 bridgehead atoms. The Morgan fingerprint density at radius 2 is 1.52 bits per heavy atom. The predicted molar refractivity (Wildman–Crippen MR) is 96.9 cm³/mol. The number of carbonyl (C=O) groups is 2. The van der Waals surface area contributed by atoms with Gasteiger partial charge in [0.1, 0.15) is 0 Å². The molecule has 25 heavy (non-hydrogen) atoms. The van der Waals surface area contributed by atoms with Gasteiger partial charge in [0.25, 0.3) is 5.91 Å². The zero-order chi connectivity index (χ0) is 18.1. The molecule has 0 atom stereocenters. The predicted octanol–water partition coefficient (Wildman–Crippen LogP) is 2.09. The second-order valence-corrected chi connectivity index (χ2v) is 5.82. The van der Waals surface area contributed by atoms with Gasteiger partial charge in [-0.25, -0.2) is 4.79 Å². The molecule has 0 spiro atoms. The molecule has 0 aliphatic carbocycles. The fourth-order valence-electron chi connectivity index (χ4n) is 2.73. The number of fused-ring (bicyclic) bond motifs is 1. The summed E-state index contributed by atoms with van der Waals surface area (Å²) in [5, 5.41) is 5.46. The number of carbonyl (C=O) groups excluding carboxylic acids is 2. The standard InChI is InChI=1S/C18H18N4O3/c1-11(23)19-13-5-4-6-14(10-13)20-17(24)12-7-8-15-16(9-12)22(3)18(25)21(15)2/h4-10H,1-3H3,(H,19,23)(H,20,24). The van der Waals surface area contributed by atoms with Crippen molar-refractivity contribution in [3.8, 4) is 0 Å². The zero-order valence-electron chi connectivity index (χ0n) is 14.2. The Kier molecular flexibility index (Phi) is 4.14. The molecule has 2 aromatic carbocycles. The van der Waals surface area contributed by atoms with Crippen molar-refractivity contribution >= 4 is 34.2 Å². The van der Waals surface area contributed by atoms with Crippen LogP contribution in [-0.2, 0) is 18.9 Å². The van der Waals surface area contributed by atoms with E-state index in [0.29, 0.717) is 22.5 Å². The summed E-state index contributed by atoms with van der Waals surface area (Å²) in [5.41, 5.74) is 2.92. The summed E-state index contributed by atoms with van der Waals surface area (Å²) in [6, 6.07) is 12.0. The van der Waals surface area contributed by atoms with Gasteiger partial charge in [-0.05, 0) is 36.4 Å². The smallest absolute Gasteiger partial charge is 0.326 e. The van der Waals surface area contributed by atoms with Gasteiger partial charge in [-0.2, -0.15) is 0 Å². The molecule has 1 aromatic heterocycles. The molecule has 0 aliphatic rings. The summed E-state index contributed by atoms with van der Waals surface area (Å²) >= 11 is 0. The van der Waals surface area contributed by atoms with Gasteiger partial charge in [0, 0.05) is 38.0 Å². The van der Waals surface area contributed by atoms with E-state index in [-0.39, 0.29) is 17.5 Å². The van der Waals surface area contributed by atoms with Crippen molar-refractivity contribution in [2.75, 3.05) is 10.6 Å². The van der Waals surface area contributed by atoms with Crippen LogP contribution in [0, 0.1) is 0 Å². The van der Waals surface area contributed by atoms with Gasteiger partial charge >= 0.3 is 5.69 Å². The van der Waals surface area contributed by atoms with Gasteiger partial charge in [0.05, 0.1) is 11.0 Å². The van der Waals surface area contributed by atoms with Crippen molar-refractivity contribution in [1.82, 2.24) is 9.13 Å². The fourth-order valence-corrected chi connectivity index (χ4v) is 2.73. The maximum absolute atomic E-state index is 12.5. The van der Waals surface area contributed by atoms with E-state index in [1.807, 2.05) is 0 Å². The highest BCUT2D eigenvalue weighted by Crippen LogP contribution is 2.18. The number of rotatable bonds is 3. The number of nitrogens with zero attached hydrogens (tertiary/aromatic N) is 2. The third-order valence-corrected chi connectivity index (χ3v) is 3.97. The average Bonchev–Trinajstić information content (AvgIpc) is 2.79. The number of amides is 2. The van der Waals surface area contributed by atoms with Gasteiger partial charge in [0.15, 0.2) is 0 Å². The number of aryl methyl sites for hydroxylation is 2. The van der Waals surface area contributed by atoms with Crippen molar-refractivity contribution in [3.63, 3.8) is 0 Å². The van der Waals surface area contributed by atoms with Gasteiger partial charge in [-0.1, -0.05) is 6.07 Å². The van der Waals surface area contributed by atoms with Crippen LogP contribution in [0.15, 0.2) is 47.3 Å². The molecule has 0 fully saturated rings. The molecular weight excluding hydrogens is 320 g/mol. The van der Waals surface area contributed by atoms with Crippen molar-refractivity contribution in [2.24, 2.45) is 14.1 Å². The van der Waals surface area contributed by atoms with E-state index < -0.39 is 0 Å². The lowest BCUT2D eigenvalue weighted by Gasteiger charge is -2.08. The third-order valence-electron chi connectivity index (χ3n) is 3.97. The molecule has 0 aliphatic heterocycles. The summed E-state index contributed by atoms with van der Waals surface area (Å²) in [6.45, 7) is 1.42. The molecule has 2 amide bonds. The number of benzene rings is 2. The van der Waals surface area contributed by atoms with Gasteiger partial charge in [0.2, 0.25) is 5.91 Å². The molecule has 7 nitrogen and oxygen atoms in total. The minimum absolute atomic E-state index is 0.143. The molecule has 0 unspecified atom stereocenters. The van der Waals surface area contributed by atoms with Gasteiger partial charge in [-0.3, -0.25) is 18.7 Å². The topological polar surface area (TPSA) is 85.1 Å². The highest BCUT2D eigenvalue weighted by Gasteiger charge is 2.12. The lowest BCUT2D eigenvalue weighted by molar-refractivity contribution is -0.114. The summed E-state index contributed by atoms with van der Waals surface area (Å²) in [7, 11) is 3.36. The highest BCUT2D eigenvalue weighted by molar-refractivity contribution is 6.06. The maximum atomic E-state index is 12.5. The first-order valence-electron chi connectivity index (χ1n) is 7.71. The molecule has 2 N–H and O–H groups in total. The summed E-state index contributed by atoms with van der Waals surface area (Å²) in [5.74, 6) is -0.475. The first-order chi connectivity index (χ1) is 11.9. The van der Waals surface area contributed by atoms with Crippen LogP contribution >= 0.6 is 0 Å². The molecule has 3 rings (SSSR count). The molecule has 128 valence electrons. The minimum atomic E-state index is -0.293. The second-order valence-electron chi connectivity index (χ2n) is 5.82. The Balaban J connectivity index is 1.89. The van der Waals surface area contributed by atoms with Crippen LogP contribution in [0.1, 0.15) is 17.3 Å². The molecule has 0 saturated heterocycles. The summed E-state index contributed by atoms with van der Waals surface area (Å²) in [6.07, 6.45) is 0. The summed E-state index contributed by atoms with van der Waals surface area (Å²) < 4.78 is 3.04. The number of hydrogen-bond donors (Lipinski definition) is 2. The van der Waals surface area contributed by atoms with Crippen LogP contribution in [0.25, 0.3) is 11.0 Å². The normalized spacial score (nSPS) is 10.7. The first kappa shape index (κ1) is 16.5. The van der Waals surface area contributed by atoms with Crippen LogP contribution in [0.2, 0.25) is 0 Å². The number of nitrogens with one attached hydrogen (secondary N) is 2. The number of anilines is 2. The Morgan fingerprint density at radius 3 is 2.20 bits per heavy atom. The van der Waals surface area contributed by atoms with Crippen molar-refractivity contribution < 1.29 is 9.59 Å². The third kappa shape index (κ3) is 3.16. The van der Waals surface area contributed by atoms with E-state index in [1.165, 1.54) is 16.1 Å². The van der Waals surface area contributed by atoms with Gasteiger partial charge in [-0.15, -0.1) is 0 Å². The molecule has 1 heterocycles. The van der Waals surface area contributed by atoms with Crippen LogP contribution in [0.5, 0.6) is 0 Å². The fraction of sp³-hybridized carbons (Fsp3) is 0.167. The molecular formula is C18H18N4O3. The van der Waals surface area contributed by atoms with Crippen LogP contribution in [-0.4, -0.2) is 20.9 Å².